The van der Waals surface area contributed by atoms with Gasteiger partial charge in [0, 0.05) is 0 Å². The maximum absolute atomic E-state index is 13.0. The summed E-state index contributed by atoms with van der Waals surface area (Å²) >= 11 is 2.96. The van der Waals surface area contributed by atoms with Gasteiger partial charge in [-0.15, -0.1) is 0 Å². The standard InChI is InChI=1S/C8H6BrFO2/c1-12-6-2-5(4-11)8(10)7(9)3-6/h2-4H,1H3. The van der Waals surface area contributed by atoms with Crippen molar-refractivity contribution in [3.8, 4) is 5.75 Å². The Kier molecular flexibility index (Phi) is 2.81. The minimum Gasteiger partial charge on any atom is -0.497 e. The van der Waals surface area contributed by atoms with Crippen LogP contribution < -0.4 is 4.74 Å². The van der Waals surface area contributed by atoms with E-state index in [0.29, 0.717) is 12.0 Å². The zero-order valence-electron chi connectivity index (χ0n) is 6.30. The lowest BCUT2D eigenvalue weighted by Gasteiger charge is -2.02. The van der Waals surface area contributed by atoms with Crippen LogP contribution in [0.2, 0.25) is 0 Å². The second kappa shape index (κ2) is 3.67. The molecule has 0 saturated carbocycles. The molecule has 1 aromatic rings. The van der Waals surface area contributed by atoms with Gasteiger partial charge in [0.1, 0.15) is 11.6 Å². The molecule has 1 aromatic carbocycles. The topological polar surface area (TPSA) is 26.3 Å². The average Bonchev–Trinajstić information content (AvgIpc) is 2.09. The normalized spacial score (nSPS) is 9.58. The predicted octanol–water partition coefficient (Wildman–Crippen LogP) is 2.41. The molecule has 0 aromatic heterocycles. The van der Waals surface area contributed by atoms with Crippen LogP contribution in [0.4, 0.5) is 4.39 Å². The van der Waals surface area contributed by atoms with Crippen molar-refractivity contribution in [2.45, 2.75) is 0 Å². The minimum absolute atomic E-state index is 0.0128. The van der Waals surface area contributed by atoms with Gasteiger partial charge in [0.25, 0.3) is 0 Å². The van der Waals surface area contributed by atoms with Gasteiger partial charge in [0.15, 0.2) is 6.29 Å². The van der Waals surface area contributed by atoms with Crippen molar-refractivity contribution >= 4 is 22.2 Å². The van der Waals surface area contributed by atoms with E-state index in [4.69, 9.17) is 4.74 Å². The second-order valence-electron chi connectivity index (χ2n) is 2.13. The quantitative estimate of drug-likeness (QED) is 0.733. The summed E-state index contributed by atoms with van der Waals surface area (Å²) in [6.07, 6.45) is 0.447. The van der Waals surface area contributed by atoms with Crippen LogP contribution in [0.15, 0.2) is 16.6 Å². The first-order valence-electron chi connectivity index (χ1n) is 3.17. The van der Waals surface area contributed by atoms with Gasteiger partial charge in [-0.2, -0.15) is 0 Å². The monoisotopic (exact) mass is 232 g/mol. The van der Waals surface area contributed by atoms with Gasteiger partial charge >= 0.3 is 0 Å². The zero-order chi connectivity index (χ0) is 9.14. The van der Waals surface area contributed by atoms with Crippen LogP contribution in [-0.2, 0) is 0 Å². The van der Waals surface area contributed by atoms with Gasteiger partial charge in [-0.1, -0.05) is 0 Å². The summed E-state index contributed by atoms with van der Waals surface area (Å²) in [4.78, 5) is 10.3. The maximum atomic E-state index is 13.0. The molecule has 0 radical (unpaired) electrons. The number of hydrogen-bond acceptors (Lipinski definition) is 2. The van der Waals surface area contributed by atoms with E-state index in [1.807, 2.05) is 0 Å². The van der Waals surface area contributed by atoms with Crippen molar-refractivity contribution < 1.29 is 13.9 Å². The molecule has 0 spiro atoms. The van der Waals surface area contributed by atoms with E-state index < -0.39 is 5.82 Å². The maximum Gasteiger partial charge on any atom is 0.153 e. The zero-order valence-corrected chi connectivity index (χ0v) is 7.89. The number of rotatable bonds is 2. The molecule has 0 unspecified atom stereocenters. The Balaban J connectivity index is 3.28. The molecule has 0 atom stereocenters. The number of hydrogen-bond donors (Lipinski definition) is 0. The molecular formula is C8H6BrFO2. The molecule has 12 heavy (non-hydrogen) atoms. The summed E-state index contributed by atoms with van der Waals surface area (Å²) in [5.74, 6) is -0.115. The lowest BCUT2D eigenvalue weighted by atomic mass is 10.2. The Labute approximate surface area is 77.5 Å². The van der Waals surface area contributed by atoms with Crippen LogP contribution in [0.1, 0.15) is 10.4 Å². The van der Waals surface area contributed by atoms with Crippen LogP contribution in [0, 0.1) is 5.82 Å². The number of benzene rings is 1. The van der Waals surface area contributed by atoms with Crippen molar-refractivity contribution in [2.24, 2.45) is 0 Å². The molecule has 0 fully saturated rings. The van der Waals surface area contributed by atoms with E-state index in [0.717, 1.165) is 0 Å². The lowest BCUT2D eigenvalue weighted by molar-refractivity contribution is 0.111. The van der Waals surface area contributed by atoms with Crippen molar-refractivity contribution in [2.75, 3.05) is 7.11 Å². The van der Waals surface area contributed by atoms with Gasteiger partial charge in [0.2, 0.25) is 0 Å². The van der Waals surface area contributed by atoms with Crippen LogP contribution in [0.3, 0.4) is 0 Å². The molecule has 0 aliphatic rings. The van der Waals surface area contributed by atoms with Crippen molar-refractivity contribution in [1.29, 1.82) is 0 Å². The van der Waals surface area contributed by atoms with Crippen molar-refractivity contribution in [1.82, 2.24) is 0 Å². The first kappa shape index (κ1) is 9.19. The van der Waals surface area contributed by atoms with E-state index >= 15 is 0 Å². The summed E-state index contributed by atoms with van der Waals surface area (Å²) in [5, 5.41) is 0. The molecule has 0 bridgehead atoms. The van der Waals surface area contributed by atoms with E-state index in [-0.39, 0.29) is 10.0 Å². The molecule has 2 nitrogen and oxygen atoms in total. The van der Waals surface area contributed by atoms with Crippen LogP contribution in [-0.4, -0.2) is 13.4 Å². The molecule has 0 amide bonds. The summed E-state index contributed by atoms with van der Waals surface area (Å²) in [5.41, 5.74) is -0.0128. The highest BCUT2D eigenvalue weighted by Crippen LogP contribution is 2.24. The van der Waals surface area contributed by atoms with E-state index in [9.17, 15) is 9.18 Å². The Morgan fingerprint density at radius 3 is 2.75 bits per heavy atom. The third-order valence-corrected chi connectivity index (χ3v) is 1.97. The van der Waals surface area contributed by atoms with Crippen molar-refractivity contribution in [3.63, 3.8) is 0 Å². The smallest absolute Gasteiger partial charge is 0.153 e. The van der Waals surface area contributed by atoms with Crippen LogP contribution >= 0.6 is 15.9 Å². The van der Waals surface area contributed by atoms with Gasteiger partial charge in [-0.05, 0) is 28.1 Å². The van der Waals surface area contributed by atoms with Gasteiger partial charge in [0.05, 0.1) is 17.1 Å². The molecule has 1 rings (SSSR count). The number of aldehydes is 1. The van der Waals surface area contributed by atoms with Gasteiger partial charge in [-0.25, -0.2) is 4.39 Å². The predicted molar refractivity (Wildman–Crippen MR) is 46.0 cm³/mol. The minimum atomic E-state index is -0.564. The fraction of sp³-hybridized carbons (Fsp3) is 0.125. The van der Waals surface area contributed by atoms with Gasteiger partial charge < -0.3 is 4.74 Å². The summed E-state index contributed by atoms with van der Waals surface area (Å²) in [7, 11) is 1.45. The molecule has 0 saturated heterocycles. The number of carbonyl (C=O) groups is 1. The second-order valence-corrected chi connectivity index (χ2v) is 2.98. The van der Waals surface area contributed by atoms with Crippen LogP contribution in [0.25, 0.3) is 0 Å². The number of halogens is 2. The molecule has 64 valence electrons. The Morgan fingerprint density at radius 2 is 2.25 bits per heavy atom. The molecule has 0 N–H and O–H groups in total. The third-order valence-electron chi connectivity index (χ3n) is 1.39. The Hall–Kier alpha value is -0.900. The Bertz CT molecular complexity index is 312. The highest BCUT2D eigenvalue weighted by molar-refractivity contribution is 9.10. The van der Waals surface area contributed by atoms with Crippen molar-refractivity contribution in [3.05, 3.63) is 28.0 Å². The molecule has 0 aliphatic heterocycles. The fourth-order valence-electron chi connectivity index (χ4n) is 0.788. The first-order valence-corrected chi connectivity index (χ1v) is 3.96. The van der Waals surface area contributed by atoms with E-state index in [1.165, 1.54) is 19.2 Å². The molecule has 0 heterocycles. The number of ether oxygens (including phenoxy) is 1. The summed E-state index contributed by atoms with van der Waals surface area (Å²) in [6.45, 7) is 0. The molecule has 4 heteroatoms. The SMILES string of the molecule is COc1cc(Br)c(F)c(C=O)c1. The summed E-state index contributed by atoms with van der Waals surface area (Å²) in [6, 6.07) is 2.80. The lowest BCUT2D eigenvalue weighted by Crippen LogP contribution is -1.91. The first-order chi connectivity index (χ1) is 5.69. The molecular weight excluding hydrogens is 227 g/mol. The van der Waals surface area contributed by atoms with E-state index in [1.54, 1.807) is 0 Å². The third kappa shape index (κ3) is 1.64. The summed E-state index contributed by atoms with van der Waals surface area (Å²) < 4.78 is 18.0. The highest BCUT2D eigenvalue weighted by atomic mass is 79.9. The number of methoxy groups -OCH3 is 1. The van der Waals surface area contributed by atoms with Crippen LogP contribution in [0.5, 0.6) is 5.75 Å². The number of carbonyl (C=O) groups excluding carboxylic acids is 1. The van der Waals surface area contributed by atoms with E-state index in [2.05, 4.69) is 15.9 Å². The molecule has 0 aliphatic carbocycles. The Morgan fingerprint density at radius 1 is 1.58 bits per heavy atom. The highest BCUT2D eigenvalue weighted by Gasteiger charge is 2.07. The average molecular weight is 233 g/mol. The fourth-order valence-corrected chi connectivity index (χ4v) is 1.24. The largest absolute Gasteiger partial charge is 0.497 e. The van der Waals surface area contributed by atoms with Gasteiger partial charge in [-0.3, -0.25) is 4.79 Å².